The first kappa shape index (κ1) is 22.9. The number of likely N-dealkylation sites (tertiary alicyclic amines) is 1. The number of hydrogen-bond acceptors (Lipinski definition) is 4. The van der Waals surface area contributed by atoms with Crippen molar-refractivity contribution in [3.63, 3.8) is 0 Å². The predicted molar refractivity (Wildman–Crippen MR) is 115 cm³/mol. The van der Waals surface area contributed by atoms with Gasteiger partial charge in [-0.05, 0) is 29.9 Å². The number of hydrogen-bond donors (Lipinski definition) is 3. The molecule has 2 amide bonds. The lowest BCUT2D eigenvalue weighted by Crippen LogP contribution is -2.46. The second-order valence-corrected chi connectivity index (χ2v) is 8.33. The molecule has 1 unspecified atom stereocenters. The number of carbonyl (C=O) groups is 2. The van der Waals surface area contributed by atoms with E-state index in [0.717, 1.165) is 5.56 Å². The molecule has 1 aliphatic rings. The van der Waals surface area contributed by atoms with Gasteiger partial charge in [-0.2, -0.15) is 0 Å². The van der Waals surface area contributed by atoms with Crippen LogP contribution in [0.15, 0.2) is 29.3 Å². The Morgan fingerprint density at radius 2 is 1.76 bits per heavy atom. The Kier molecular flexibility index (Phi) is 8.20. The molecule has 1 aromatic carbocycles. The molecule has 29 heavy (non-hydrogen) atoms. The van der Waals surface area contributed by atoms with Gasteiger partial charge in [0.05, 0.1) is 12.6 Å². The minimum absolute atomic E-state index is 0.0703. The molecule has 3 N–H and O–H groups in total. The fourth-order valence-corrected chi connectivity index (χ4v) is 3.17. The van der Waals surface area contributed by atoms with Crippen molar-refractivity contribution in [2.45, 2.75) is 58.5 Å². The number of piperidine rings is 1. The summed E-state index contributed by atoms with van der Waals surface area (Å²) >= 11 is 0. The van der Waals surface area contributed by atoms with Crippen molar-refractivity contribution in [3.05, 3.63) is 35.4 Å². The lowest BCUT2D eigenvalue weighted by Gasteiger charge is -2.25. The van der Waals surface area contributed by atoms with E-state index >= 15 is 0 Å². The number of nitrogens with one attached hydrogen (secondary N) is 2. The van der Waals surface area contributed by atoms with Crippen LogP contribution in [0.5, 0.6) is 0 Å². The van der Waals surface area contributed by atoms with E-state index in [9.17, 15) is 14.7 Å². The Morgan fingerprint density at radius 1 is 1.14 bits per heavy atom. The third kappa shape index (κ3) is 6.85. The first-order valence-electron chi connectivity index (χ1n) is 10.4. The maximum atomic E-state index is 11.9. The quantitative estimate of drug-likeness (QED) is 0.369. The molecule has 0 radical (unpaired) electrons. The van der Waals surface area contributed by atoms with Crippen molar-refractivity contribution in [1.29, 1.82) is 0 Å². The summed E-state index contributed by atoms with van der Waals surface area (Å²) in [5.41, 5.74) is 2.11. The minimum atomic E-state index is -0.704. The van der Waals surface area contributed by atoms with Crippen molar-refractivity contribution in [1.82, 2.24) is 15.5 Å². The molecule has 2 rings (SSSR count). The highest BCUT2D eigenvalue weighted by Gasteiger charge is 2.25. The maximum Gasteiger partial charge on any atom is 0.229 e. The number of nitrogens with zero attached hydrogens (tertiary/aromatic N) is 2. The molecule has 7 nitrogen and oxygen atoms in total. The average molecular weight is 403 g/mol. The van der Waals surface area contributed by atoms with Gasteiger partial charge in [0.25, 0.3) is 0 Å². The number of benzene rings is 1. The lowest BCUT2D eigenvalue weighted by molar-refractivity contribution is -0.147. The van der Waals surface area contributed by atoms with E-state index in [2.05, 4.69) is 36.4 Å². The zero-order valence-electron chi connectivity index (χ0n) is 18.0. The Labute approximate surface area is 173 Å². The summed E-state index contributed by atoms with van der Waals surface area (Å²) in [6, 6.07) is 7.96. The molecule has 1 saturated heterocycles. The average Bonchev–Trinajstić information content (AvgIpc) is 2.67. The largest absolute Gasteiger partial charge is 0.386 e. The Balaban J connectivity index is 1.90. The van der Waals surface area contributed by atoms with Crippen LogP contribution in [0.4, 0.5) is 0 Å². The first-order chi connectivity index (χ1) is 13.7. The standard InChI is InChI=1S/C22H34N4O3/c1-5-23-21(24-13-14-26-19(28)7-6-8-20(26)29)25-15-18(27)16-9-11-17(12-10-16)22(2,3)4/h9-12,18,27H,5-8,13-15H2,1-4H3,(H2,23,24,25). The topological polar surface area (TPSA) is 94.0 Å². The van der Waals surface area contributed by atoms with Crippen LogP contribution >= 0.6 is 0 Å². The number of amides is 2. The summed E-state index contributed by atoms with van der Waals surface area (Å²) in [7, 11) is 0. The molecule has 1 fully saturated rings. The van der Waals surface area contributed by atoms with Gasteiger partial charge in [-0.25, -0.2) is 0 Å². The van der Waals surface area contributed by atoms with E-state index in [1.807, 2.05) is 31.2 Å². The number of aliphatic hydroxyl groups excluding tert-OH is 1. The number of guanidine groups is 1. The lowest BCUT2D eigenvalue weighted by atomic mass is 9.86. The normalized spacial score (nSPS) is 16.7. The van der Waals surface area contributed by atoms with Gasteiger partial charge in [0.1, 0.15) is 0 Å². The zero-order chi connectivity index (χ0) is 21.4. The second-order valence-electron chi connectivity index (χ2n) is 8.33. The van der Waals surface area contributed by atoms with Crippen molar-refractivity contribution in [3.8, 4) is 0 Å². The number of aliphatic hydroxyl groups is 1. The maximum absolute atomic E-state index is 11.9. The summed E-state index contributed by atoms with van der Waals surface area (Å²) in [5.74, 6) is 0.327. The molecule has 0 aromatic heterocycles. The van der Waals surface area contributed by atoms with Crippen LogP contribution in [0.2, 0.25) is 0 Å². The minimum Gasteiger partial charge on any atom is -0.386 e. The third-order valence-electron chi connectivity index (χ3n) is 4.94. The molecule has 1 aliphatic heterocycles. The molecule has 160 valence electrons. The van der Waals surface area contributed by atoms with E-state index < -0.39 is 6.10 Å². The molecule has 0 spiro atoms. The van der Waals surface area contributed by atoms with Gasteiger partial charge in [0.2, 0.25) is 11.8 Å². The van der Waals surface area contributed by atoms with Crippen molar-refractivity contribution < 1.29 is 14.7 Å². The highest BCUT2D eigenvalue weighted by Crippen LogP contribution is 2.24. The van der Waals surface area contributed by atoms with Crippen molar-refractivity contribution in [2.75, 3.05) is 26.2 Å². The van der Waals surface area contributed by atoms with Gasteiger partial charge in [-0.15, -0.1) is 0 Å². The SMILES string of the molecule is CCNC(=NCC(O)c1ccc(C(C)(C)C)cc1)NCCN1C(=O)CCCC1=O. The number of rotatable bonds is 7. The number of aliphatic imine (C=N–C) groups is 1. The summed E-state index contributed by atoms with van der Waals surface area (Å²) < 4.78 is 0. The fourth-order valence-electron chi connectivity index (χ4n) is 3.17. The van der Waals surface area contributed by atoms with Gasteiger partial charge >= 0.3 is 0 Å². The summed E-state index contributed by atoms with van der Waals surface area (Å²) in [6.45, 7) is 10.0. The van der Waals surface area contributed by atoms with Crippen LogP contribution < -0.4 is 10.6 Å². The molecule has 7 heteroatoms. The van der Waals surface area contributed by atoms with Crippen molar-refractivity contribution in [2.24, 2.45) is 4.99 Å². The molecule has 1 atom stereocenters. The Bertz CT molecular complexity index is 707. The smallest absolute Gasteiger partial charge is 0.229 e. The van der Waals surface area contributed by atoms with Gasteiger partial charge in [0, 0.05) is 32.5 Å². The van der Waals surface area contributed by atoms with E-state index in [1.54, 1.807) is 0 Å². The highest BCUT2D eigenvalue weighted by atomic mass is 16.3. The van der Waals surface area contributed by atoms with Gasteiger partial charge in [0.15, 0.2) is 5.96 Å². The highest BCUT2D eigenvalue weighted by molar-refractivity contribution is 5.97. The molecule has 1 heterocycles. The van der Waals surface area contributed by atoms with Gasteiger partial charge in [-0.1, -0.05) is 45.0 Å². The Hall–Kier alpha value is -2.41. The van der Waals surface area contributed by atoms with Crippen LogP contribution in [0.3, 0.4) is 0 Å². The zero-order valence-corrected chi connectivity index (χ0v) is 18.0. The van der Waals surface area contributed by atoms with Crippen LogP contribution in [0.1, 0.15) is 64.2 Å². The molecule has 0 bridgehead atoms. The molecular weight excluding hydrogens is 368 g/mol. The van der Waals surface area contributed by atoms with E-state index in [0.29, 0.717) is 44.9 Å². The van der Waals surface area contributed by atoms with Crippen LogP contribution in [0.25, 0.3) is 0 Å². The summed E-state index contributed by atoms with van der Waals surface area (Å²) in [5, 5.41) is 16.7. The fraction of sp³-hybridized carbons (Fsp3) is 0.591. The Morgan fingerprint density at radius 3 is 2.31 bits per heavy atom. The first-order valence-corrected chi connectivity index (χ1v) is 10.4. The molecular formula is C22H34N4O3. The summed E-state index contributed by atoms with van der Waals surface area (Å²) in [6.07, 6.45) is 0.797. The summed E-state index contributed by atoms with van der Waals surface area (Å²) in [4.78, 5) is 29.5. The predicted octanol–water partition coefficient (Wildman–Crippen LogP) is 2.11. The van der Waals surface area contributed by atoms with Crippen LogP contribution in [-0.4, -0.2) is 54.0 Å². The number of imide groups is 1. The number of carbonyl (C=O) groups excluding carboxylic acids is 2. The van der Waals surface area contributed by atoms with Crippen molar-refractivity contribution >= 4 is 17.8 Å². The van der Waals surface area contributed by atoms with Gasteiger partial charge < -0.3 is 15.7 Å². The second kappa shape index (κ2) is 10.4. The van der Waals surface area contributed by atoms with E-state index in [1.165, 1.54) is 10.5 Å². The van der Waals surface area contributed by atoms with Gasteiger partial charge in [-0.3, -0.25) is 19.5 Å². The molecule has 0 saturated carbocycles. The molecule has 0 aliphatic carbocycles. The monoisotopic (exact) mass is 402 g/mol. The van der Waals surface area contributed by atoms with E-state index in [-0.39, 0.29) is 23.8 Å². The van der Waals surface area contributed by atoms with Crippen LogP contribution in [0, 0.1) is 0 Å². The molecule has 1 aromatic rings. The van der Waals surface area contributed by atoms with Crippen LogP contribution in [-0.2, 0) is 15.0 Å². The third-order valence-corrected chi connectivity index (χ3v) is 4.94. The van der Waals surface area contributed by atoms with E-state index in [4.69, 9.17) is 0 Å².